The van der Waals surface area contributed by atoms with Crippen LogP contribution < -0.4 is 0 Å². The first-order valence-electron chi connectivity index (χ1n) is 7.40. The predicted octanol–water partition coefficient (Wildman–Crippen LogP) is 6.16. The summed E-state index contributed by atoms with van der Waals surface area (Å²) in [6.45, 7) is 10.3. The van der Waals surface area contributed by atoms with Gasteiger partial charge in [-0.2, -0.15) is 0 Å². The van der Waals surface area contributed by atoms with Crippen LogP contribution in [0.5, 0.6) is 0 Å². The minimum atomic E-state index is 0.274. The average molecular weight is 278 g/mol. The number of hydrogen-bond donors (Lipinski definition) is 0. The highest BCUT2D eigenvalue weighted by molar-refractivity contribution is 5.49. The third-order valence-corrected chi connectivity index (χ3v) is 2.80. The lowest BCUT2D eigenvalue weighted by Crippen LogP contribution is -1.97. The third kappa shape index (κ3) is 8.65. The van der Waals surface area contributed by atoms with E-state index in [-0.39, 0.29) is 5.41 Å². The molecule has 0 N–H and O–H groups in total. The highest BCUT2D eigenvalue weighted by atomic mass is 14.1. The van der Waals surface area contributed by atoms with Crippen LogP contribution in [0.25, 0.3) is 6.08 Å². The van der Waals surface area contributed by atoms with Crippen LogP contribution in [0.1, 0.15) is 31.9 Å². The van der Waals surface area contributed by atoms with E-state index >= 15 is 0 Å². The van der Waals surface area contributed by atoms with Gasteiger partial charge in [0, 0.05) is 0 Å². The van der Waals surface area contributed by atoms with Crippen LogP contribution in [-0.4, -0.2) is 0 Å². The fourth-order valence-corrected chi connectivity index (χ4v) is 1.69. The van der Waals surface area contributed by atoms with Gasteiger partial charge < -0.3 is 0 Å². The van der Waals surface area contributed by atoms with Gasteiger partial charge in [-0.1, -0.05) is 99.7 Å². The molecule has 0 radical (unpaired) electrons. The summed E-state index contributed by atoms with van der Waals surface area (Å²) in [7, 11) is 0. The maximum atomic E-state index is 3.66. The van der Waals surface area contributed by atoms with Crippen molar-refractivity contribution in [3.8, 4) is 0 Å². The average Bonchev–Trinajstić information content (AvgIpc) is 2.48. The van der Waals surface area contributed by atoms with Crippen LogP contribution in [-0.2, 0) is 6.42 Å². The Morgan fingerprint density at radius 3 is 1.86 bits per heavy atom. The van der Waals surface area contributed by atoms with Gasteiger partial charge in [0.2, 0.25) is 0 Å². The molecule has 0 atom stereocenters. The summed E-state index contributed by atoms with van der Waals surface area (Å²) >= 11 is 0. The normalized spacial score (nSPS) is 10.8. The van der Waals surface area contributed by atoms with Crippen LogP contribution in [0.3, 0.4) is 0 Å². The lowest BCUT2D eigenvalue weighted by molar-refractivity contribution is 0.547. The Morgan fingerprint density at radius 2 is 1.38 bits per heavy atom. The lowest BCUT2D eigenvalue weighted by atomic mass is 9.95. The van der Waals surface area contributed by atoms with E-state index in [2.05, 4.69) is 75.9 Å². The standard InChI is InChI=1S/C12H16.C9H10/c1-12(2,3)10-9-11-7-5-4-6-8-11;1-2-6-9-7-4-3-5-8-9/h4-10H,1-3H3;2-5,7-8H,1,6H2. The Hall–Kier alpha value is -2.08. The summed E-state index contributed by atoms with van der Waals surface area (Å²) in [5.41, 5.74) is 2.87. The smallest absolute Gasteiger partial charge is 0.0100 e. The fourth-order valence-electron chi connectivity index (χ4n) is 1.69. The first-order valence-corrected chi connectivity index (χ1v) is 7.40. The molecule has 21 heavy (non-hydrogen) atoms. The van der Waals surface area contributed by atoms with Crippen molar-refractivity contribution < 1.29 is 0 Å². The maximum absolute atomic E-state index is 3.66. The Kier molecular flexibility index (Phi) is 7.25. The van der Waals surface area contributed by atoms with Crippen molar-refractivity contribution in [2.24, 2.45) is 5.41 Å². The highest BCUT2D eigenvalue weighted by Gasteiger charge is 2.02. The minimum absolute atomic E-state index is 0.274. The van der Waals surface area contributed by atoms with Gasteiger partial charge in [-0.15, -0.1) is 6.58 Å². The topological polar surface area (TPSA) is 0 Å². The van der Waals surface area contributed by atoms with Crippen molar-refractivity contribution in [1.82, 2.24) is 0 Å². The van der Waals surface area contributed by atoms with Crippen LogP contribution >= 0.6 is 0 Å². The molecule has 0 fully saturated rings. The molecule has 0 amide bonds. The van der Waals surface area contributed by atoms with Crippen molar-refractivity contribution in [3.05, 3.63) is 90.5 Å². The number of rotatable bonds is 3. The molecule has 2 aromatic rings. The molecule has 2 rings (SSSR count). The van der Waals surface area contributed by atoms with Crippen LogP contribution in [0.15, 0.2) is 79.4 Å². The Bertz CT molecular complexity index is 527. The highest BCUT2D eigenvalue weighted by Crippen LogP contribution is 2.16. The van der Waals surface area contributed by atoms with Crippen molar-refractivity contribution in [1.29, 1.82) is 0 Å². The quantitative estimate of drug-likeness (QED) is 0.590. The molecule has 110 valence electrons. The minimum Gasteiger partial charge on any atom is -0.103 e. The lowest BCUT2D eigenvalue weighted by Gasteiger charge is -2.10. The van der Waals surface area contributed by atoms with Gasteiger partial charge in [0.25, 0.3) is 0 Å². The van der Waals surface area contributed by atoms with Crippen LogP contribution in [0.4, 0.5) is 0 Å². The molecule has 0 heteroatoms. The van der Waals surface area contributed by atoms with E-state index in [1.54, 1.807) is 0 Å². The molecule has 0 bridgehead atoms. The molecule has 0 unspecified atom stereocenters. The summed E-state index contributed by atoms with van der Waals surface area (Å²) in [5.74, 6) is 0. The number of hydrogen-bond acceptors (Lipinski definition) is 0. The van der Waals surface area contributed by atoms with Crippen molar-refractivity contribution in [2.75, 3.05) is 0 Å². The molecule has 0 aliphatic rings. The van der Waals surface area contributed by atoms with Gasteiger partial charge in [0.15, 0.2) is 0 Å². The van der Waals surface area contributed by atoms with Gasteiger partial charge in [0.05, 0.1) is 0 Å². The molecule has 0 aliphatic carbocycles. The fraction of sp³-hybridized carbons (Fsp3) is 0.238. The van der Waals surface area contributed by atoms with E-state index in [4.69, 9.17) is 0 Å². The van der Waals surface area contributed by atoms with E-state index in [1.165, 1.54) is 11.1 Å². The monoisotopic (exact) mass is 278 g/mol. The largest absolute Gasteiger partial charge is 0.103 e. The van der Waals surface area contributed by atoms with Crippen molar-refractivity contribution in [2.45, 2.75) is 27.2 Å². The predicted molar refractivity (Wildman–Crippen MR) is 95.3 cm³/mol. The molecule has 0 nitrogen and oxygen atoms in total. The van der Waals surface area contributed by atoms with E-state index in [1.807, 2.05) is 30.3 Å². The summed E-state index contributed by atoms with van der Waals surface area (Å²) in [5, 5.41) is 0. The van der Waals surface area contributed by atoms with Crippen molar-refractivity contribution >= 4 is 6.08 Å². The molecule has 0 saturated heterocycles. The Labute approximate surface area is 129 Å². The SMILES string of the molecule is C=CCc1ccccc1.CC(C)(C)C=Cc1ccccc1. The maximum Gasteiger partial charge on any atom is -0.0100 e. The molecule has 0 aromatic heterocycles. The summed E-state index contributed by atoms with van der Waals surface area (Å²) in [6, 6.07) is 20.7. The second-order valence-corrected chi connectivity index (χ2v) is 6.09. The van der Waals surface area contributed by atoms with E-state index in [0.717, 1.165) is 6.42 Å². The number of benzene rings is 2. The van der Waals surface area contributed by atoms with Crippen LogP contribution in [0.2, 0.25) is 0 Å². The second-order valence-electron chi connectivity index (χ2n) is 6.09. The van der Waals surface area contributed by atoms with Crippen LogP contribution in [0, 0.1) is 5.41 Å². The van der Waals surface area contributed by atoms with E-state index < -0.39 is 0 Å². The molecular weight excluding hydrogens is 252 g/mol. The van der Waals surface area contributed by atoms with Gasteiger partial charge >= 0.3 is 0 Å². The van der Waals surface area contributed by atoms with E-state index in [0.29, 0.717) is 0 Å². The Balaban J connectivity index is 0.000000219. The van der Waals surface area contributed by atoms with Gasteiger partial charge in [-0.3, -0.25) is 0 Å². The summed E-state index contributed by atoms with van der Waals surface area (Å²) in [4.78, 5) is 0. The summed E-state index contributed by atoms with van der Waals surface area (Å²) < 4.78 is 0. The first kappa shape index (κ1) is 17.0. The third-order valence-electron chi connectivity index (χ3n) is 2.80. The molecule has 0 spiro atoms. The van der Waals surface area contributed by atoms with Gasteiger partial charge in [0.1, 0.15) is 0 Å². The molecule has 0 saturated carbocycles. The zero-order valence-corrected chi connectivity index (χ0v) is 13.4. The van der Waals surface area contributed by atoms with Gasteiger partial charge in [-0.25, -0.2) is 0 Å². The zero-order valence-electron chi connectivity index (χ0n) is 13.4. The van der Waals surface area contributed by atoms with Crippen molar-refractivity contribution in [3.63, 3.8) is 0 Å². The summed E-state index contributed by atoms with van der Waals surface area (Å²) in [6.07, 6.45) is 7.28. The molecule has 2 aromatic carbocycles. The van der Waals surface area contributed by atoms with Gasteiger partial charge in [-0.05, 0) is 23.0 Å². The Morgan fingerprint density at radius 1 is 0.857 bits per heavy atom. The first-order chi connectivity index (χ1) is 10.0. The molecular formula is C21H26. The zero-order chi connectivity index (χ0) is 15.6. The van der Waals surface area contributed by atoms with E-state index in [9.17, 15) is 0 Å². The molecule has 0 heterocycles. The molecule has 0 aliphatic heterocycles. The second kappa shape index (κ2) is 8.97. The number of allylic oxidation sites excluding steroid dienone is 2.